The second-order valence-corrected chi connectivity index (χ2v) is 6.91. The average molecular weight is 422 g/mol. The van der Waals surface area contributed by atoms with Crippen LogP contribution in [0.4, 0.5) is 0 Å². The van der Waals surface area contributed by atoms with Gasteiger partial charge >= 0.3 is 0 Å². The molecule has 5 heteroatoms. The highest BCUT2D eigenvalue weighted by Crippen LogP contribution is 2.36. The van der Waals surface area contributed by atoms with E-state index in [1.807, 2.05) is 19.1 Å². The largest absolute Gasteiger partial charge is 0.493 e. The van der Waals surface area contributed by atoms with Crippen molar-refractivity contribution in [2.75, 3.05) is 26.9 Å². The molecular formula is C21H28BrNO3. The third-order valence-corrected chi connectivity index (χ3v) is 4.78. The van der Waals surface area contributed by atoms with Crippen LogP contribution in [0.1, 0.15) is 30.0 Å². The number of aryl methyl sites for hydroxylation is 1. The summed E-state index contributed by atoms with van der Waals surface area (Å²) in [7, 11) is 1.67. The van der Waals surface area contributed by atoms with Gasteiger partial charge in [0.1, 0.15) is 6.61 Å². The summed E-state index contributed by atoms with van der Waals surface area (Å²) >= 11 is 3.64. The maximum atomic E-state index is 6.14. The molecule has 2 aromatic rings. The van der Waals surface area contributed by atoms with E-state index in [1.54, 1.807) is 7.11 Å². The number of benzene rings is 2. The summed E-state index contributed by atoms with van der Waals surface area (Å²) in [5, 5.41) is 3.45. The standard InChI is InChI=1S/C21H28BrNO3/c1-4-25-13-5-12-23-14-18-19(22)10-11-20(24-3)21(18)26-15-17-8-6-16(2)7-9-17/h6-11,23H,4-5,12-15H2,1-3H3. The predicted molar refractivity (Wildman–Crippen MR) is 109 cm³/mol. The lowest BCUT2D eigenvalue weighted by molar-refractivity contribution is 0.144. The first kappa shape index (κ1) is 20.7. The smallest absolute Gasteiger partial charge is 0.167 e. The highest BCUT2D eigenvalue weighted by atomic mass is 79.9. The zero-order valence-corrected chi connectivity index (χ0v) is 17.4. The highest BCUT2D eigenvalue weighted by molar-refractivity contribution is 9.10. The van der Waals surface area contributed by atoms with Crippen LogP contribution in [0.3, 0.4) is 0 Å². The molecule has 142 valence electrons. The zero-order chi connectivity index (χ0) is 18.8. The molecule has 0 radical (unpaired) electrons. The summed E-state index contributed by atoms with van der Waals surface area (Å²) in [5.41, 5.74) is 3.44. The van der Waals surface area contributed by atoms with Crippen molar-refractivity contribution in [3.05, 3.63) is 57.6 Å². The summed E-state index contributed by atoms with van der Waals surface area (Å²) in [5.74, 6) is 1.52. The fourth-order valence-corrected chi connectivity index (χ4v) is 3.02. The first-order valence-electron chi connectivity index (χ1n) is 8.97. The maximum Gasteiger partial charge on any atom is 0.167 e. The Bertz CT molecular complexity index is 674. The van der Waals surface area contributed by atoms with Crippen LogP contribution in [0.25, 0.3) is 0 Å². The van der Waals surface area contributed by atoms with Gasteiger partial charge in [-0.15, -0.1) is 0 Å². The summed E-state index contributed by atoms with van der Waals surface area (Å²) in [6.07, 6.45) is 0.981. The molecule has 0 heterocycles. The van der Waals surface area contributed by atoms with E-state index in [-0.39, 0.29) is 0 Å². The minimum absolute atomic E-state index is 0.504. The number of hydrogen-bond acceptors (Lipinski definition) is 4. The van der Waals surface area contributed by atoms with Crippen LogP contribution in [0, 0.1) is 6.92 Å². The predicted octanol–water partition coefficient (Wildman–Crippen LogP) is 4.86. The number of rotatable bonds is 11. The highest BCUT2D eigenvalue weighted by Gasteiger charge is 2.14. The lowest BCUT2D eigenvalue weighted by Gasteiger charge is -2.17. The molecule has 0 aromatic heterocycles. The van der Waals surface area contributed by atoms with Crippen molar-refractivity contribution in [2.24, 2.45) is 0 Å². The molecule has 0 saturated carbocycles. The molecule has 0 spiro atoms. The first-order chi connectivity index (χ1) is 12.7. The molecule has 0 aliphatic carbocycles. The van der Waals surface area contributed by atoms with Gasteiger partial charge in [0.2, 0.25) is 0 Å². The molecule has 0 aliphatic heterocycles. The maximum absolute atomic E-state index is 6.14. The Morgan fingerprint density at radius 3 is 2.54 bits per heavy atom. The van der Waals surface area contributed by atoms with E-state index in [0.29, 0.717) is 13.2 Å². The molecule has 0 aliphatic rings. The summed E-state index contributed by atoms with van der Waals surface area (Å²) in [6, 6.07) is 12.3. The molecule has 2 aromatic carbocycles. The Balaban J connectivity index is 2.04. The van der Waals surface area contributed by atoms with E-state index >= 15 is 0 Å². The molecule has 4 nitrogen and oxygen atoms in total. The van der Waals surface area contributed by atoms with Crippen LogP contribution in [-0.2, 0) is 17.9 Å². The van der Waals surface area contributed by atoms with Crippen molar-refractivity contribution < 1.29 is 14.2 Å². The van der Waals surface area contributed by atoms with E-state index in [1.165, 1.54) is 5.56 Å². The van der Waals surface area contributed by atoms with Gasteiger partial charge in [-0.2, -0.15) is 0 Å². The molecule has 0 bridgehead atoms. The number of nitrogens with one attached hydrogen (secondary N) is 1. The Labute approximate surface area is 165 Å². The molecule has 0 unspecified atom stereocenters. The van der Waals surface area contributed by atoms with Gasteiger partial charge in [-0.3, -0.25) is 0 Å². The van der Waals surface area contributed by atoms with E-state index in [0.717, 1.165) is 53.3 Å². The fraction of sp³-hybridized carbons (Fsp3) is 0.429. The fourth-order valence-electron chi connectivity index (χ4n) is 2.56. The summed E-state index contributed by atoms with van der Waals surface area (Å²) in [6.45, 7) is 7.73. The van der Waals surface area contributed by atoms with Gasteiger partial charge in [0.05, 0.1) is 7.11 Å². The Morgan fingerprint density at radius 2 is 1.85 bits per heavy atom. The van der Waals surface area contributed by atoms with Crippen LogP contribution >= 0.6 is 15.9 Å². The van der Waals surface area contributed by atoms with Gasteiger partial charge < -0.3 is 19.5 Å². The third-order valence-electron chi connectivity index (χ3n) is 4.04. The van der Waals surface area contributed by atoms with Gasteiger partial charge in [-0.05, 0) is 44.5 Å². The Hall–Kier alpha value is -1.56. The van der Waals surface area contributed by atoms with E-state index in [4.69, 9.17) is 14.2 Å². The molecule has 0 fully saturated rings. The number of methoxy groups -OCH3 is 1. The second-order valence-electron chi connectivity index (χ2n) is 6.06. The molecular weight excluding hydrogens is 394 g/mol. The lowest BCUT2D eigenvalue weighted by atomic mass is 10.1. The van der Waals surface area contributed by atoms with E-state index in [9.17, 15) is 0 Å². The van der Waals surface area contributed by atoms with Crippen LogP contribution in [0.5, 0.6) is 11.5 Å². The van der Waals surface area contributed by atoms with Crippen molar-refractivity contribution in [1.29, 1.82) is 0 Å². The van der Waals surface area contributed by atoms with Crippen LogP contribution in [0.2, 0.25) is 0 Å². The van der Waals surface area contributed by atoms with Crippen molar-refractivity contribution >= 4 is 15.9 Å². The van der Waals surface area contributed by atoms with Crippen LogP contribution in [0.15, 0.2) is 40.9 Å². The monoisotopic (exact) mass is 421 g/mol. The van der Waals surface area contributed by atoms with E-state index in [2.05, 4.69) is 52.4 Å². The van der Waals surface area contributed by atoms with Gasteiger partial charge in [0.25, 0.3) is 0 Å². The van der Waals surface area contributed by atoms with Crippen molar-refractivity contribution in [2.45, 2.75) is 33.4 Å². The SMILES string of the molecule is CCOCCCNCc1c(Br)ccc(OC)c1OCc1ccc(C)cc1. The summed E-state index contributed by atoms with van der Waals surface area (Å²) in [4.78, 5) is 0. The number of halogens is 1. The van der Waals surface area contributed by atoms with Gasteiger partial charge in [0.15, 0.2) is 11.5 Å². The minimum Gasteiger partial charge on any atom is -0.493 e. The van der Waals surface area contributed by atoms with E-state index < -0.39 is 0 Å². The van der Waals surface area contributed by atoms with Crippen molar-refractivity contribution in [1.82, 2.24) is 5.32 Å². The molecule has 2 rings (SSSR count). The first-order valence-corrected chi connectivity index (χ1v) is 9.77. The summed E-state index contributed by atoms with van der Waals surface area (Å²) < 4.78 is 18.0. The lowest BCUT2D eigenvalue weighted by Crippen LogP contribution is -2.17. The Morgan fingerprint density at radius 1 is 1.08 bits per heavy atom. The zero-order valence-electron chi connectivity index (χ0n) is 15.8. The number of ether oxygens (including phenoxy) is 3. The molecule has 0 saturated heterocycles. The minimum atomic E-state index is 0.504. The molecule has 0 amide bonds. The van der Waals surface area contributed by atoms with Crippen LogP contribution in [-0.4, -0.2) is 26.9 Å². The number of hydrogen-bond donors (Lipinski definition) is 1. The van der Waals surface area contributed by atoms with Crippen molar-refractivity contribution in [3.8, 4) is 11.5 Å². The van der Waals surface area contributed by atoms with Crippen LogP contribution < -0.4 is 14.8 Å². The van der Waals surface area contributed by atoms with Gasteiger partial charge in [-0.25, -0.2) is 0 Å². The quantitative estimate of drug-likeness (QED) is 0.525. The topological polar surface area (TPSA) is 39.7 Å². The molecule has 1 N–H and O–H groups in total. The third kappa shape index (κ3) is 6.31. The average Bonchev–Trinajstić information content (AvgIpc) is 2.65. The van der Waals surface area contributed by atoms with Gasteiger partial charge in [0, 0.05) is 29.8 Å². The van der Waals surface area contributed by atoms with Crippen molar-refractivity contribution in [3.63, 3.8) is 0 Å². The molecule has 26 heavy (non-hydrogen) atoms. The Kier molecular flexibility index (Phi) is 8.95. The van der Waals surface area contributed by atoms with Gasteiger partial charge in [-0.1, -0.05) is 45.8 Å². The normalized spacial score (nSPS) is 10.8. The molecule has 0 atom stereocenters. The second kappa shape index (κ2) is 11.2.